The molecule has 0 atom stereocenters. The average Bonchev–Trinajstić information content (AvgIpc) is 3.27. The van der Waals surface area contributed by atoms with Gasteiger partial charge < -0.3 is 14.7 Å². The Labute approximate surface area is 124 Å². The van der Waals surface area contributed by atoms with Crippen LogP contribution < -0.4 is 4.90 Å². The van der Waals surface area contributed by atoms with E-state index in [1.807, 2.05) is 12.1 Å². The van der Waals surface area contributed by atoms with E-state index in [0.717, 1.165) is 44.7 Å². The number of ether oxygens (including phenoxy) is 1. The Morgan fingerprint density at radius 1 is 1.05 bits per heavy atom. The van der Waals surface area contributed by atoms with E-state index in [0.29, 0.717) is 5.41 Å². The van der Waals surface area contributed by atoms with Crippen molar-refractivity contribution >= 4 is 11.7 Å². The summed E-state index contributed by atoms with van der Waals surface area (Å²) in [4.78, 5) is 13.7. The number of carboxylic acids is 1. The molecule has 1 spiro atoms. The molecule has 1 aromatic rings. The second-order valence-electron chi connectivity index (χ2n) is 6.90. The minimum Gasteiger partial charge on any atom is -0.481 e. The number of aliphatic carboxylic acids is 1. The third-order valence-corrected chi connectivity index (χ3v) is 5.55. The zero-order valence-electron chi connectivity index (χ0n) is 12.2. The van der Waals surface area contributed by atoms with Crippen LogP contribution >= 0.6 is 0 Å². The monoisotopic (exact) mass is 287 g/mol. The first-order chi connectivity index (χ1) is 10.1. The molecule has 4 rings (SSSR count). The topological polar surface area (TPSA) is 49.8 Å². The van der Waals surface area contributed by atoms with E-state index in [2.05, 4.69) is 17.0 Å². The molecule has 2 aliphatic heterocycles. The van der Waals surface area contributed by atoms with E-state index in [1.54, 1.807) is 0 Å². The summed E-state index contributed by atoms with van der Waals surface area (Å²) >= 11 is 0. The van der Waals surface area contributed by atoms with Gasteiger partial charge in [0.15, 0.2) is 0 Å². The summed E-state index contributed by atoms with van der Waals surface area (Å²) < 4.78 is 5.45. The Morgan fingerprint density at radius 2 is 1.67 bits per heavy atom. The summed E-state index contributed by atoms with van der Waals surface area (Å²) in [5.41, 5.74) is 2.06. The van der Waals surface area contributed by atoms with Crippen LogP contribution in [0.1, 0.15) is 31.2 Å². The van der Waals surface area contributed by atoms with Gasteiger partial charge >= 0.3 is 5.97 Å². The van der Waals surface area contributed by atoms with Crippen molar-refractivity contribution in [2.45, 2.75) is 31.1 Å². The van der Waals surface area contributed by atoms with Gasteiger partial charge in [-0.15, -0.1) is 0 Å². The summed E-state index contributed by atoms with van der Waals surface area (Å²) in [6, 6.07) is 8.19. The minimum absolute atomic E-state index is 0.468. The van der Waals surface area contributed by atoms with E-state index in [4.69, 9.17) is 4.74 Å². The lowest BCUT2D eigenvalue weighted by Gasteiger charge is -2.53. The van der Waals surface area contributed by atoms with E-state index in [1.165, 1.54) is 18.5 Å². The number of rotatable bonds is 3. The van der Waals surface area contributed by atoms with Crippen molar-refractivity contribution in [3.05, 3.63) is 29.8 Å². The third kappa shape index (κ3) is 2.04. The van der Waals surface area contributed by atoms with Gasteiger partial charge in [0, 0.05) is 37.4 Å². The maximum atomic E-state index is 11.4. The standard InChI is InChI=1S/C17H21NO3/c19-15(20)17(5-6-17)13-1-3-14(4-2-13)18-11-16(12-18)7-9-21-10-8-16/h1-4H,5-12H2,(H,19,20). The minimum atomic E-state index is -0.680. The van der Waals surface area contributed by atoms with Crippen LogP contribution in [0.4, 0.5) is 5.69 Å². The molecular weight excluding hydrogens is 266 g/mol. The van der Waals surface area contributed by atoms with Crippen LogP contribution in [0.25, 0.3) is 0 Å². The van der Waals surface area contributed by atoms with Crippen LogP contribution in [0, 0.1) is 5.41 Å². The molecule has 0 unspecified atom stereocenters. The molecule has 0 amide bonds. The van der Waals surface area contributed by atoms with E-state index in [-0.39, 0.29) is 0 Å². The molecule has 112 valence electrons. The lowest BCUT2D eigenvalue weighted by Crippen LogP contribution is -2.58. The summed E-state index contributed by atoms with van der Waals surface area (Å²) in [5, 5.41) is 9.34. The Balaban J connectivity index is 1.45. The van der Waals surface area contributed by atoms with Crippen molar-refractivity contribution in [3.8, 4) is 0 Å². The average molecular weight is 287 g/mol. The fraction of sp³-hybridized carbons (Fsp3) is 0.588. The summed E-state index contributed by atoms with van der Waals surface area (Å²) in [7, 11) is 0. The highest BCUT2D eigenvalue weighted by molar-refractivity contribution is 5.85. The zero-order valence-corrected chi connectivity index (χ0v) is 12.2. The maximum Gasteiger partial charge on any atom is 0.314 e. The van der Waals surface area contributed by atoms with Crippen LogP contribution in [-0.4, -0.2) is 37.4 Å². The second kappa shape index (κ2) is 4.47. The largest absolute Gasteiger partial charge is 0.481 e. The SMILES string of the molecule is O=C(O)C1(c2ccc(N3CC4(CCOCC4)C3)cc2)CC1. The highest BCUT2D eigenvalue weighted by Crippen LogP contribution is 2.49. The third-order valence-electron chi connectivity index (χ3n) is 5.55. The van der Waals surface area contributed by atoms with E-state index < -0.39 is 11.4 Å². The van der Waals surface area contributed by atoms with E-state index >= 15 is 0 Å². The van der Waals surface area contributed by atoms with Crippen LogP contribution in [0.2, 0.25) is 0 Å². The molecule has 0 aromatic heterocycles. The molecule has 3 aliphatic rings. The van der Waals surface area contributed by atoms with Crippen molar-refractivity contribution in [3.63, 3.8) is 0 Å². The number of nitrogens with zero attached hydrogens (tertiary/aromatic N) is 1. The number of carbonyl (C=O) groups is 1. The van der Waals surface area contributed by atoms with Crippen molar-refractivity contribution in [1.29, 1.82) is 0 Å². The molecule has 2 saturated heterocycles. The maximum absolute atomic E-state index is 11.4. The summed E-state index contributed by atoms with van der Waals surface area (Å²) in [5.74, 6) is -0.680. The highest BCUT2D eigenvalue weighted by Gasteiger charge is 2.51. The number of carboxylic acid groups (broad SMARTS) is 1. The van der Waals surface area contributed by atoms with Crippen molar-refractivity contribution < 1.29 is 14.6 Å². The van der Waals surface area contributed by atoms with Gasteiger partial charge in [0.2, 0.25) is 0 Å². The predicted octanol–water partition coefficient (Wildman–Crippen LogP) is 2.42. The van der Waals surface area contributed by atoms with Gasteiger partial charge in [-0.1, -0.05) is 12.1 Å². The van der Waals surface area contributed by atoms with Gasteiger partial charge in [0.05, 0.1) is 5.41 Å². The molecule has 1 N–H and O–H groups in total. The quantitative estimate of drug-likeness (QED) is 0.927. The molecule has 1 aliphatic carbocycles. The van der Waals surface area contributed by atoms with Gasteiger partial charge in [-0.2, -0.15) is 0 Å². The first-order valence-electron chi connectivity index (χ1n) is 7.80. The molecule has 4 heteroatoms. The number of benzene rings is 1. The van der Waals surface area contributed by atoms with Crippen molar-refractivity contribution in [2.75, 3.05) is 31.2 Å². The molecule has 3 fully saturated rings. The molecule has 21 heavy (non-hydrogen) atoms. The van der Waals surface area contributed by atoms with Crippen LogP contribution in [0.5, 0.6) is 0 Å². The van der Waals surface area contributed by atoms with Crippen LogP contribution in [-0.2, 0) is 14.9 Å². The van der Waals surface area contributed by atoms with Crippen LogP contribution in [0.3, 0.4) is 0 Å². The first kappa shape index (κ1) is 13.1. The molecule has 4 nitrogen and oxygen atoms in total. The predicted molar refractivity (Wildman–Crippen MR) is 79.7 cm³/mol. The van der Waals surface area contributed by atoms with Crippen molar-refractivity contribution in [2.24, 2.45) is 5.41 Å². The second-order valence-corrected chi connectivity index (χ2v) is 6.90. The molecule has 0 bridgehead atoms. The van der Waals surface area contributed by atoms with Crippen molar-refractivity contribution in [1.82, 2.24) is 0 Å². The smallest absolute Gasteiger partial charge is 0.314 e. The molecule has 1 aromatic carbocycles. The lowest BCUT2D eigenvalue weighted by atomic mass is 9.73. The van der Waals surface area contributed by atoms with Gasteiger partial charge in [-0.25, -0.2) is 0 Å². The zero-order chi connectivity index (χ0) is 14.5. The van der Waals surface area contributed by atoms with Gasteiger partial charge in [0.25, 0.3) is 0 Å². The Bertz CT molecular complexity index is 548. The number of hydrogen-bond acceptors (Lipinski definition) is 3. The first-order valence-corrected chi connectivity index (χ1v) is 7.80. The van der Waals surface area contributed by atoms with Gasteiger partial charge in [-0.05, 0) is 43.4 Å². The molecule has 0 radical (unpaired) electrons. The fourth-order valence-electron chi connectivity index (χ4n) is 3.81. The Kier molecular flexibility index (Phi) is 2.80. The Hall–Kier alpha value is -1.55. The number of hydrogen-bond donors (Lipinski definition) is 1. The summed E-state index contributed by atoms with van der Waals surface area (Å²) in [6.07, 6.45) is 3.89. The van der Waals surface area contributed by atoms with E-state index in [9.17, 15) is 9.90 Å². The van der Waals surface area contributed by atoms with Crippen LogP contribution in [0.15, 0.2) is 24.3 Å². The van der Waals surface area contributed by atoms with Gasteiger partial charge in [0.1, 0.15) is 0 Å². The molecule has 2 heterocycles. The lowest BCUT2D eigenvalue weighted by molar-refractivity contribution is -0.140. The molecule has 1 saturated carbocycles. The normalized spacial score (nSPS) is 25.4. The number of anilines is 1. The Morgan fingerprint density at radius 3 is 2.19 bits per heavy atom. The highest BCUT2D eigenvalue weighted by atomic mass is 16.5. The summed E-state index contributed by atoms with van der Waals surface area (Å²) in [6.45, 7) is 4.02. The fourth-order valence-corrected chi connectivity index (χ4v) is 3.81. The molecular formula is C17H21NO3. The van der Waals surface area contributed by atoms with Gasteiger partial charge in [-0.3, -0.25) is 4.79 Å².